The van der Waals surface area contributed by atoms with Crippen molar-refractivity contribution in [2.75, 3.05) is 5.32 Å². The second kappa shape index (κ2) is 4.83. The Morgan fingerprint density at radius 3 is 2.50 bits per heavy atom. The summed E-state index contributed by atoms with van der Waals surface area (Å²) >= 11 is 0. The van der Waals surface area contributed by atoms with Crippen molar-refractivity contribution < 1.29 is 14.3 Å². The van der Waals surface area contributed by atoms with Gasteiger partial charge < -0.3 is 10.1 Å². The summed E-state index contributed by atoms with van der Waals surface area (Å²) in [6.07, 6.45) is 1.64. The molecule has 1 heterocycles. The van der Waals surface area contributed by atoms with E-state index in [1.54, 1.807) is 37.3 Å². The number of amides is 1. The number of hydrogen-bond acceptors (Lipinski definition) is 4. The molecule has 0 atom stereocenters. The first kappa shape index (κ1) is 12.0. The lowest BCUT2D eigenvalue weighted by atomic mass is 10.2. The van der Waals surface area contributed by atoms with Gasteiger partial charge in [0, 0.05) is 19.5 Å². The van der Waals surface area contributed by atoms with E-state index >= 15 is 0 Å². The molecule has 18 heavy (non-hydrogen) atoms. The molecule has 5 heteroatoms. The van der Waals surface area contributed by atoms with Crippen LogP contribution in [-0.2, 0) is 14.3 Å². The highest BCUT2D eigenvalue weighted by Gasteiger charge is 2.19. The van der Waals surface area contributed by atoms with Gasteiger partial charge in [-0.2, -0.15) is 0 Å². The Morgan fingerprint density at radius 2 is 2.00 bits per heavy atom. The largest absolute Gasteiger partial charge is 0.407 e. The smallest absolute Gasteiger partial charge is 0.363 e. The van der Waals surface area contributed by atoms with Crippen LogP contribution in [-0.4, -0.2) is 17.8 Å². The first-order valence-corrected chi connectivity index (χ1v) is 5.41. The zero-order valence-corrected chi connectivity index (χ0v) is 10.1. The van der Waals surface area contributed by atoms with Gasteiger partial charge in [0.2, 0.25) is 5.91 Å². The number of aliphatic imine (C=N–C) groups is 1. The number of carbonyl (C=O) groups is 2. The van der Waals surface area contributed by atoms with Gasteiger partial charge in [0.05, 0.1) is 0 Å². The molecule has 0 saturated heterocycles. The SMILES string of the molecule is CC(=O)Nc1ccc(/C=C2/N=C(C)OC2=O)cc1. The summed E-state index contributed by atoms with van der Waals surface area (Å²) in [5.41, 5.74) is 1.80. The van der Waals surface area contributed by atoms with E-state index in [1.807, 2.05) is 0 Å². The van der Waals surface area contributed by atoms with Gasteiger partial charge in [-0.1, -0.05) is 12.1 Å². The fraction of sp³-hybridized carbons (Fsp3) is 0.154. The van der Waals surface area contributed by atoms with Crippen LogP contribution in [0.25, 0.3) is 6.08 Å². The molecule has 92 valence electrons. The van der Waals surface area contributed by atoms with E-state index < -0.39 is 5.97 Å². The summed E-state index contributed by atoms with van der Waals surface area (Å²) in [4.78, 5) is 26.2. The normalized spacial score (nSPS) is 16.4. The van der Waals surface area contributed by atoms with Crippen molar-refractivity contribution in [3.8, 4) is 0 Å². The van der Waals surface area contributed by atoms with E-state index in [-0.39, 0.29) is 11.6 Å². The molecule has 0 bridgehead atoms. The van der Waals surface area contributed by atoms with Crippen LogP contribution in [0.2, 0.25) is 0 Å². The Bertz CT molecular complexity index is 556. The fourth-order valence-electron chi connectivity index (χ4n) is 1.54. The van der Waals surface area contributed by atoms with Gasteiger partial charge in [-0.3, -0.25) is 4.79 Å². The number of benzene rings is 1. The lowest BCUT2D eigenvalue weighted by Crippen LogP contribution is -2.05. The Morgan fingerprint density at radius 1 is 1.33 bits per heavy atom. The zero-order chi connectivity index (χ0) is 13.1. The Labute approximate surface area is 104 Å². The van der Waals surface area contributed by atoms with Gasteiger partial charge in [-0.25, -0.2) is 9.79 Å². The van der Waals surface area contributed by atoms with Crippen LogP contribution < -0.4 is 5.32 Å². The lowest BCUT2D eigenvalue weighted by molar-refractivity contribution is -0.130. The fourth-order valence-corrected chi connectivity index (χ4v) is 1.54. The Balaban J connectivity index is 2.18. The predicted molar refractivity (Wildman–Crippen MR) is 67.9 cm³/mol. The number of anilines is 1. The van der Waals surface area contributed by atoms with Crippen LogP contribution in [0, 0.1) is 0 Å². The summed E-state index contributed by atoms with van der Waals surface area (Å²) in [5, 5.41) is 2.66. The number of nitrogens with zero attached hydrogens (tertiary/aromatic N) is 1. The first-order chi connectivity index (χ1) is 8.54. The standard InChI is InChI=1S/C13H12N2O3/c1-8(16)14-11-5-3-10(4-6-11)7-12-13(17)18-9(2)15-12/h3-7H,1-2H3,(H,14,16)/b12-7+. The van der Waals surface area contributed by atoms with Gasteiger partial charge in [0.1, 0.15) is 0 Å². The van der Waals surface area contributed by atoms with Crippen LogP contribution in [0.1, 0.15) is 19.4 Å². The van der Waals surface area contributed by atoms with Crippen LogP contribution in [0.15, 0.2) is 35.0 Å². The minimum Gasteiger partial charge on any atom is -0.407 e. The molecule has 2 rings (SSSR count). The molecular weight excluding hydrogens is 232 g/mol. The average molecular weight is 244 g/mol. The molecule has 0 fully saturated rings. The van der Waals surface area contributed by atoms with Crippen LogP contribution in [0.3, 0.4) is 0 Å². The molecular formula is C13H12N2O3. The molecule has 0 aromatic heterocycles. The number of carbonyl (C=O) groups excluding carboxylic acids is 2. The molecule has 0 saturated carbocycles. The highest BCUT2D eigenvalue weighted by molar-refractivity contribution is 6.06. The summed E-state index contributed by atoms with van der Waals surface area (Å²) in [7, 11) is 0. The monoisotopic (exact) mass is 244 g/mol. The molecule has 0 radical (unpaired) electrons. The summed E-state index contributed by atoms with van der Waals surface area (Å²) in [5.74, 6) is -0.222. The van der Waals surface area contributed by atoms with E-state index in [9.17, 15) is 9.59 Å². The van der Waals surface area contributed by atoms with Crippen LogP contribution in [0.5, 0.6) is 0 Å². The molecule has 0 unspecified atom stereocenters. The molecule has 1 aliphatic rings. The van der Waals surface area contributed by atoms with E-state index in [4.69, 9.17) is 4.74 Å². The van der Waals surface area contributed by atoms with Crippen LogP contribution in [0.4, 0.5) is 5.69 Å². The quantitative estimate of drug-likeness (QED) is 0.638. The maximum Gasteiger partial charge on any atom is 0.363 e. The molecule has 1 N–H and O–H groups in total. The zero-order valence-electron chi connectivity index (χ0n) is 10.1. The minimum atomic E-state index is -0.446. The van der Waals surface area contributed by atoms with Crippen molar-refractivity contribution in [3.63, 3.8) is 0 Å². The van der Waals surface area contributed by atoms with Gasteiger partial charge >= 0.3 is 5.97 Å². The number of rotatable bonds is 2. The molecule has 1 aromatic rings. The van der Waals surface area contributed by atoms with Crippen molar-refractivity contribution in [2.24, 2.45) is 4.99 Å². The van der Waals surface area contributed by atoms with E-state index in [2.05, 4.69) is 10.3 Å². The molecule has 1 aromatic carbocycles. The van der Waals surface area contributed by atoms with E-state index in [1.165, 1.54) is 6.92 Å². The molecule has 1 amide bonds. The van der Waals surface area contributed by atoms with Crippen molar-refractivity contribution in [1.29, 1.82) is 0 Å². The van der Waals surface area contributed by atoms with E-state index in [0.717, 1.165) is 5.56 Å². The maximum absolute atomic E-state index is 11.3. The van der Waals surface area contributed by atoms with Crippen molar-refractivity contribution in [3.05, 3.63) is 35.5 Å². The number of ether oxygens (including phenoxy) is 1. The number of hydrogen-bond donors (Lipinski definition) is 1. The Hall–Kier alpha value is -2.43. The summed E-state index contributed by atoms with van der Waals surface area (Å²) in [6.45, 7) is 3.07. The van der Waals surface area contributed by atoms with Gasteiger partial charge in [-0.15, -0.1) is 0 Å². The van der Waals surface area contributed by atoms with Crippen molar-refractivity contribution in [1.82, 2.24) is 0 Å². The molecule has 5 nitrogen and oxygen atoms in total. The third-order valence-electron chi connectivity index (χ3n) is 2.26. The topological polar surface area (TPSA) is 67.8 Å². The maximum atomic E-state index is 11.3. The van der Waals surface area contributed by atoms with Gasteiger partial charge in [-0.05, 0) is 23.8 Å². The third kappa shape index (κ3) is 2.82. The third-order valence-corrected chi connectivity index (χ3v) is 2.26. The van der Waals surface area contributed by atoms with Gasteiger partial charge in [0.15, 0.2) is 11.6 Å². The van der Waals surface area contributed by atoms with Gasteiger partial charge in [0.25, 0.3) is 0 Å². The summed E-state index contributed by atoms with van der Waals surface area (Å²) < 4.78 is 4.81. The number of nitrogens with one attached hydrogen (secondary N) is 1. The molecule has 0 spiro atoms. The minimum absolute atomic E-state index is 0.124. The first-order valence-electron chi connectivity index (χ1n) is 5.41. The number of cyclic esters (lactones) is 1. The van der Waals surface area contributed by atoms with Crippen molar-refractivity contribution >= 4 is 29.5 Å². The molecule has 1 aliphatic heterocycles. The Kier molecular flexibility index (Phi) is 3.23. The predicted octanol–water partition coefficient (Wildman–Crippen LogP) is 1.96. The van der Waals surface area contributed by atoms with Crippen LogP contribution >= 0.6 is 0 Å². The highest BCUT2D eigenvalue weighted by Crippen LogP contribution is 2.17. The summed E-state index contributed by atoms with van der Waals surface area (Å²) in [6, 6.07) is 7.08. The van der Waals surface area contributed by atoms with E-state index in [0.29, 0.717) is 11.6 Å². The number of esters is 1. The lowest BCUT2D eigenvalue weighted by Gasteiger charge is -2.01. The second-order valence-electron chi connectivity index (χ2n) is 3.85. The molecule has 0 aliphatic carbocycles. The average Bonchev–Trinajstić information content (AvgIpc) is 2.59. The highest BCUT2D eigenvalue weighted by atomic mass is 16.6. The second-order valence-corrected chi connectivity index (χ2v) is 3.85. The van der Waals surface area contributed by atoms with Crippen molar-refractivity contribution in [2.45, 2.75) is 13.8 Å².